The standard InChI is InChI=1S/C19H21N3O4/c1-12(2)9-21-18(23)14-5-6-20-15(8-14)19(24)22-10-13-3-4-16-17(7-13)26-11-25-16/h3-8,12H,9-11H2,1-2H3,(H,21,23)(H,22,24). The summed E-state index contributed by atoms with van der Waals surface area (Å²) in [5.41, 5.74) is 1.49. The van der Waals surface area contributed by atoms with E-state index in [1.54, 1.807) is 6.07 Å². The van der Waals surface area contributed by atoms with E-state index < -0.39 is 0 Å². The zero-order valence-corrected chi connectivity index (χ0v) is 14.7. The third-order valence-electron chi connectivity index (χ3n) is 3.82. The molecule has 1 aliphatic heterocycles. The Kier molecular flexibility index (Phi) is 5.36. The van der Waals surface area contributed by atoms with Crippen molar-refractivity contribution >= 4 is 11.8 Å². The number of nitrogens with one attached hydrogen (secondary N) is 2. The van der Waals surface area contributed by atoms with Gasteiger partial charge in [0, 0.05) is 24.8 Å². The summed E-state index contributed by atoms with van der Waals surface area (Å²) >= 11 is 0. The number of carbonyl (C=O) groups is 2. The normalized spacial score (nSPS) is 12.1. The van der Waals surface area contributed by atoms with E-state index in [1.807, 2.05) is 32.0 Å². The monoisotopic (exact) mass is 355 g/mol. The number of hydrogen-bond donors (Lipinski definition) is 2. The molecule has 0 bridgehead atoms. The van der Waals surface area contributed by atoms with Crippen molar-refractivity contribution in [2.24, 2.45) is 5.92 Å². The molecule has 0 radical (unpaired) electrons. The lowest BCUT2D eigenvalue weighted by atomic mass is 10.1. The first-order chi connectivity index (χ1) is 12.5. The fraction of sp³-hybridized carbons (Fsp3) is 0.316. The second-order valence-electron chi connectivity index (χ2n) is 6.40. The zero-order valence-electron chi connectivity index (χ0n) is 14.7. The fourth-order valence-corrected chi connectivity index (χ4v) is 2.42. The highest BCUT2D eigenvalue weighted by molar-refractivity contribution is 5.98. The smallest absolute Gasteiger partial charge is 0.270 e. The second-order valence-corrected chi connectivity index (χ2v) is 6.40. The molecule has 0 aliphatic carbocycles. The molecule has 0 fully saturated rings. The molecule has 0 spiro atoms. The van der Waals surface area contributed by atoms with E-state index in [9.17, 15) is 9.59 Å². The SMILES string of the molecule is CC(C)CNC(=O)c1ccnc(C(=O)NCc2ccc3c(c2)OCO3)c1. The predicted octanol–water partition coefficient (Wildman–Crippen LogP) is 2.13. The van der Waals surface area contributed by atoms with Crippen LogP contribution >= 0.6 is 0 Å². The van der Waals surface area contributed by atoms with Gasteiger partial charge in [0.1, 0.15) is 5.69 Å². The Morgan fingerprint density at radius 2 is 1.88 bits per heavy atom. The second kappa shape index (κ2) is 7.86. The van der Waals surface area contributed by atoms with Gasteiger partial charge in [-0.15, -0.1) is 0 Å². The van der Waals surface area contributed by atoms with Gasteiger partial charge < -0.3 is 20.1 Å². The lowest BCUT2D eigenvalue weighted by Gasteiger charge is -2.09. The summed E-state index contributed by atoms with van der Waals surface area (Å²) in [5.74, 6) is 1.15. The number of carbonyl (C=O) groups excluding carboxylic acids is 2. The zero-order chi connectivity index (χ0) is 18.5. The number of rotatable bonds is 6. The molecule has 3 rings (SSSR count). The van der Waals surface area contributed by atoms with Gasteiger partial charge in [0.2, 0.25) is 6.79 Å². The van der Waals surface area contributed by atoms with Crippen LogP contribution in [-0.4, -0.2) is 30.1 Å². The van der Waals surface area contributed by atoms with Crippen molar-refractivity contribution in [1.29, 1.82) is 0 Å². The predicted molar refractivity (Wildman–Crippen MR) is 95.1 cm³/mol. The van der Waals surface area contributed by atoms with Crippen molar-refractivity contribution in [2.75, 3.05) is 13.3 Å². The molecule has 2 aromatic rings. The molecule has 136 valence electrons. The largest absolute Gasteiger partial charge is 0.454 e. The van der Waals surface area contributed by atoms with Gasteiger partial charge in [0.15, 0.2) is 11.5 Å². The van der Waals surface area contributed by atoms with Crippen LogP contribution in [0.4, 0.5) is 0 Å². The van der Waals surface area contributed by atoms with Crippen LogP contribution in [0.15, 0.2) is 36.5 Å². The minimum absolute atomic E-state index is 0.197. The highest BCUT2D eigenvalue weighted by atomic mass is 16.7. The molecule has 26 heavy (non-hydrogen) atoms. The van der Waals surface area contributed by atoms with Crippen LogP contribution in [0.1, 0.15) is 40.3 Å². The van der Waals surface area contributed by atoms with Gasteiger partial charge in [0.05, 0.1) is 0 Å². The quantitative estimate of drug-likeness (QED) is 0.828. The topological polar surface area (TPSA) is 89.6 Å². The van der Waals surface area contributed by atoms with Crippen molar-refractivity contribution in [3.8, 4) is 11.5 Å². The molecule has 0 saturated heterocycles. The summed E-state index contributed by atoms with van der Waals surface area (Å²) in [4.78, 5) is 28.5. The lowest BCUT2D eigenvalue weighted by Crippen LogP contribution is -2.28. The van der Waals surface area contributed by atoms with Gasteiger partial charge in [-0.3, -0.25) is 14.6 Å². The van der Waals surface area contributed by atoms with Crippen molar-refractivity contribution in [3.05, 3.63) is 53.3 Å². The molecular weight excluding hydrogens is 334 g/mol. The summed E-state index contributed by atoms with van der Waals surface area (Å²) in [6, 6.07) is 8.57. The molecular formula is C19H21N3O4. The number of fused-ring (bicyclic) bond motifs is 1. The summed E-state index contributed by atoms with van der Waals surface area (Å²) in [7, 11) is 0. The summed E-state index contributed by atoms with van der Waals surface area (Å²) in [6.45, 7) is 5.14. The first kappa shape index (κ1) is 17.7. The Hall–Kier alpha value is -3.09. The minimum Gasteiger partial charge on any atom is -0.454 e. The van der Waals surface area contributed by atoms with E-state index in [-0.39, 0.29) is 24.3 Å². The average molecular weight is 355 g/mol. The van der Waals surface area contributed by atoms with Crippen LogP contribution in [0.5, 0.6) is 11.5 Å². The highest BCUT2D eigenvalue weighted by Gasteiger charge is 2.15. The van der Waals surface area contributed by atoms with Crippen LogP contribution in [0.25, 0.3) is 0 Å². The third-order valence-corrected chi connectivity index (χ3v) is 3.82. The van der Waals surface area contributed by atoms with Crippen LogP contribution in [-0.2, 0) is 6.54 Å². The number of amides is 2. The molecule has 2 amide bonds. The van der Waals surface area contributed by atoms with Crippen LogP contribution in [0, 0.1) is 5.92 Å². The number of aromatic nitrogens is 1. The maximum atomic E-state index is 12.3. The highest BCUT2D eigenvalue weighted by Crippen LogP contribution is 2.32. The van der Waals surface area contributed by atoms with Crippen LogP contribution < -0.4 is 20.1 Å². The van der Waals surface area contributed by atoms with E-state index in [2.05, 4.69) is 15.6 Å². The number of nitrogens with zero attached hydrogens (tertiary/aromatic N) is 1. The number of hydrogen-bond acceptors (Lipinski definition) is 5. The van der Waals surface area contributed by atoms with Crippen molar-refractivity contribution in [1.82, 2.24) is 15.6 Å². The molecule has 2 heterocycles. The Morgan fingerprint density at radius 1 is 1.08 bits per heavy atom. The number of pyridine rings is 1. The fourth-order valence-electron chi connectivity index (χ4n) is 2.42. The summed E-state index contributed by atoms with van der Waals surface area (Å²) in [5, 5.41) is 5.62. The van der Waals surface area contributed by atoms with Gasteiger partial charge in [-0.25, -0.2) is 0 Å². The van der Waals surface area contributed by atoms with E-state index in [0.29, 0.717) is 36.1 Å². The summed E-state index contributed by atoms with van der Waals surface area (Å²) in [6.07, 6.45) is 1.46. The van der Waals surface area contributed by atoms with E-state index in [1.165, 1.54) is 12.3 Å². The van der Waals surface area contributed by atoms with Gasteiger partial charge in [0.25, 0.3) is 11.8 Å². The molecule has 7 heteroatoms. The molecule has 1 aromatic carbocycles. The Balaban J connectivity index is 1.61. The minimum atomic E-state index is -0.346. The molecule has 1 aromatic heterocycles. The maximum absolute atomic E-state index is 12.3. The van der Waals surface area contributed by atoms with Gasteiger partial charge in [-0.2, -0.15) is 0 Å². The molecule has 2 N–H and O–H groups in total. The van der Waals surface area contributed by atoms with Crippen LogP contribution in [0.3, 0.4) is 0 Å². The number of ether oxygens (including phenoxy) is 2. The van der Waals surface area contributed by atoms with Gasteiger partial charge >= 0.3 is 0 Å². The lowest BCUT2D eigenvalue weighted by molar-refractivity contribution is 0.0946. The number of benzene rings is 1. The van der Waals surface area contributed by atoms with Crippen molar-refractivity contribution in [3.63, 3.8) is 0 Å². The summed E-state index contributed by atoms with van der Waals surface area (Å²) < 4.78 is 10.6. The first-order valence-corrected chi connectivity index (χ1v) is 8.44. The molecule has 0 unspecified atom stereocenters. The van der Waals surface area contributed by atoms with E-state index >= 15 is 0 Å². The first-order valence-electron chi connectivity index (χ1n) is 8.44. The van der Waals surface area contributed by atoms with Crippen LogP contribution in [0.2, 0.25) is 0 Å². The van der Waals surface area contributed by atoms with Crippen molar-refractivity contribution < 1.29 is 19.1 Å². The Morgan fingerprint density at radius 3 is 2.69 bits per heavy atom. The Bertz CT molecular complexity index is 820. The molecule has 0 atom stereocenters. The molecule has 1 aliphatic rings. The van der Waals surface area contributed by atoms with Crippen molar-refractivity contribution in [2.45, 2.75) is 20.4 Å². The molecule has 7 nitrogen and oxygen atoms in total. The van der Waals surface area contributed by atoms with Gasteiger partial charge in [-0.05, 0) is 35.7 Å². The maximum Gasteiger partial charge on any atom is 0.270 e. The average Bonchev–Trinajstić information content (AvgIpc) is 3.12. The third kappa shape index (κ3) is 4.30. The van der Waals surface area contributed by atoms with E-state index in [4.69, 9.17) is 9.47 Å². The van der Waals surface area contributed by atoms with E-state index in [0.717, 1.165) is 5.56 Å². The Labute approximate surface area is 151 Å². The van der Waals surface area contributed by atoms with Gasteiger partial charge in [-0.1, -0.05) is 19.9 Å². The molecule has 0 saturated carbocycles.